The number of anilines is 1. The molecule has 28 heavy (non-hydrogen) atoms. The van der Waals surface area contributed by atoms with Crippen molar-refractivity contribution in [3.8, 4) is 11.3 Å². The number of hydrogen-bond donors (Lipinski definition) is 0. The first-order chi connectivity index (χ1) is 13.7. The van der Waals surface area contributed by atoms with E-state index in [4.69, 9.17) is 9.84 Å². The van der Waals surface area contributed by atoms with Gasteiger partial charge >= 0.3 is 5.97 Å². The molecular weight excluding hydrogens is 354 g/mol. The molecule has 2 bridgehead atoms. The number of carbonyl (C=O) groups is 1. The fourth-order valence-corrected chi connectivity index (χ4v) is 4.40. The van der Waals surface area contributed by atoms with Gasteiger partial charge < -0.3 is 9.64 Å². The number of fused-ring (bicyclic) bond motifs is 3. The number of nitrogens with zero attached hydrogens (tertiary/aromatic N) is 5. The molecule has 4 heterocycles. The summed E-state index contributed by atoms with van der Waals surface area (Å²) in [7, 11) is 2.18. The molecule has 0 spiro atoms. The van der Waals surface area contributed by atoms with Crippen LogP contribution in [-0.4, -0.2) is 64.3 Å². The number of esters is 1. The zero-order valence-electron chi connectivity index (χ0n) is 16.1. The molecule has 2 aliphatic heterocycles. The van der Waals surface area contributed by atoms with Gasteiger partial charge in [0.05, 0.1) is 6.61 Å². The maximum Gasteiger partial charge on any atom is 0.359 e. The summed E-state index contributed by atoms with van der Waals surface area (Å²) in [6.45, 7) is 4.13. The Morgan fingerprint density at radius 1 is 1.14 bits per heavy atom. The normalized spacial score (nSPS) is 21.6. The van der Waals surface area contributed by atoms with E-state index in [1.165, 1.54) is 6.42 Å². The van der Waals surface area contributed by atoms with E-state index in [-0.39, 0.29) is 0 Å². The summed E-state index contributed by atoms with van der Waals surface area (Å²) >= 11 is 0. The molecule has 0 amide bonds. The second-order valence-corrected chi connectivity index (χ2v) is 7.49. The van der Waals surface area contributed by atoms with E-state index in [9.17, 15) is 4.79 Å². The molecule has 0 unspecified atom stereocenters. The van der Waals surface area contributed by atoms with Gasteiger partial charge in [0.2, 0.25) is 0 Å². The van der Waals surface area contributed by atoms with Crippen LogP contribution < -0.4 is 4.90 Å². The van der Waals surface area contributed by atoms with E-state index < -0.39 is 5.97 Å². The van der Waals surface area contributed by atoms with Gasteiger partial charge in [0.15, 0.2) is 11.3 Å². The third-order valence-electron chi connectivity index (χ3n) is 5.79. The van der Waals surface area contributed by atoms with Crippen molar-refractivity contribution in [2.24, 2.45) is 0 Å². The van der Waals surface area contributed by atoms with Crippen LogP contribution in [0.25, 0.3) is 16.9 Å². The highest BCUT2D eigenvalue weighted by Gasteiger charge is 2.42. The van der Waals surface area contributed by atoms with Crippen LogP contribution in [-0.2, 0) is 4.74 Å². The first-order valence-electron chi connectivity index (χ1n) is 9.75. The average molecular weight is 377 g/mol. The minimum Gasteiger partial charge on any atom is -0.461 e. The fourth-order valence-electron chi connectivity index (χ4n) is 4.40. The lowest BCUT2D eigenvalue weighted by Crippen LogP contribution is -2.45. The highest BCUT2D eigenvalue weighted by molar-refractivity contribution is 5.95. The molecule has 2 aromatic heterocycles. The van der Waals surface area contributed by atoms with Gasteiger partial charge in [-0.1, -0.05) is 30.3 Å². The van der Waals surface area contributed by atoms with Crippen molar-refractivity contribution in [3.05, 3.63) is 48.2 Å². The molecule has 144 valence electrons. The Morgan fingerprint density at radius 3 is 2.64 bits per heavy atom. The SMILES string of the molecule is CCOC(=O)c1c(-c2ccccc2)nc2ccc(N3C[C@@H]4C[C@H]3CN4C)nn12. The Hall–Kier alpha value is -2.93. The predicted octanol–water partition coefficient (Wildman–Crippen LogP) is 2.47. The minimum atomic E-state index is -0.402. The van der Waals surface area contributed by atoms with Gasteiger partial charge in [0.25, 0.3) is 0 Å². The van der Waals surface area contributed by atoms with E-state index in [1.54, 1.807) is 11.4 Å². The Kier molecular flexibility index (Phi) is 4.05. The van der Waals surface area contributed by atoms with Gasteiger partial charge in [-0.2, -0.15) is 0 Å². The maximum atomic E-state index is 12.8. The number of ether oxygens (including phenoxy) is 1. The fraction of sp³-hybridized carbons (Fsp3) is 0.381. The topological polar surface area (TPSA) is 63.0 Å². The van der Waals surface area contributed by atoms with Crippen LogP contribution in [0.4, 0.5) is 5.82 Å². The molecule has 0 N–H and O–H groups in total. The van der Waals surface area contributed by atoms with Crippen molar-refractivity contribution < 1.29 is 9.53 Å². The summed E-state index contributed by atoms with van der Waals surface area (Å²) in [5.41, 5.74) is 2.50. The highest BCUT2D eigenvalue weighted by atomic mass is 16.5. The zero-order valence-corrected chi connectivity index (χ0v) is 16.1. The molecule has 0 aliphatic carbocycles. The summed E-state index contributed by atoms with van der Waals surface area (Å²) in [4.78, 5) is 22.2. The number of piperazine rings is 1. The lowest BCUT2D eigenvalue weighted by Gasteiger charge is -2.32. The summed E-state index contributed by atoms with van der Waals surface area (Å²) in [5, 5.41) is 4.81. The molecular formula is C21H23N5O2. The van der Waals surface area contributed by atoms with Crippen molar-refractivity contribution in [1.82, 2.24) is 19.5 Å². The second-order valence-electron chi connectivity index (χ2n) is 7.49. The molecule has 7 heteroatoms. The highest BCUT2D eigenvalue weighted by Crippen LogP contribution is 2.33. The zero-order chi connectivity index (χ0) is 19.3. The van der Waals surface area contributed by atoms with Crippen LogP contribution in [0.1, 0.15) is 23.8 Å². The van der Waals surface area contributed by atoms with Crippen LogP contribution in [0.3, 0.4) is 0 Å². The quantitative estimate of drug-likeness (QED) is 0.651. The van der Waals surface area contributed by atoms with Gasteiger partial charge in [-0.25, -0.2) is 14.3 Å². The molecule has 7 nitrogen and oxygen atoms in total. The van der Waals surface area contributed by atoms with Crippen molar-refractivity contribution in [3.63, 3.8) is 0 Å². The molecule has 2 saturated heterocycles. The Bertz CT molecular complexity index is 1030. The molecule has 3 aromatic rings. The molecule has 0 saturated carbocycles. The molecule has 0 radical (unpaired) electrons. The lowest BCUT2D eigenvalue weighted by atomic mass is 10.1. The van der Waals surface area contributed by atoms with Gasteiger partial charge in [0, 0.05) is 30.7 Å². The Balaban J connectivity index is 1.62. The summed E-state index contributed by atoms with van der Waals surface area (Å²) in [5.74, 6) is 0.483. The number of aromatic nitrogens is 3. The summed E-state index contributed by atoms with van der Waals surface area (Å²) in [6.07, 6.45) is 1.17. The van der Waals surface area contributed by atoms with Crippen molar-refractivity contribution in [2.45, 2.75) is 25.4 Å². The summed E-state index contributed by atoms with van der Waals surface area (Å²) < 4.78 is 6.97. The van der Waals surface area contributed by atoms with Crippen molar-refractivity contribution >= 4 is 17.4 Å². The van der Waals surface area contributed by atoms with E-state index in [1.807, 2.05) is 42.5 Å². The van der Waals surface area contributed by atoms with Crippen LogP contribution >= 0.6 is 0 Å². The van der Waals surface area contributed by atoms with Crippen LogP contribution in [0.5, 0.6) is 0 Å². The van der Waals surface area contributed by atoms with E-state index in [0.717, 1.165) is 24.5 Å². The van der Waals surface area contributed by atoms with Gasteiger partial charge in [-0.3, -0.25) is 4.90 Å². The van der Waals surface area contributed by atoms with Crippen LogP contribution in [0.2, 0.25) is 0 Å². The average Bonchev–Trinajstić information content (AvgIpc) is 3.39. The van der Waals surface area contributed by atoms with E-state index in [2.05, 4.69) is 21.8 Å². The predicted molar refractivity (Wildman–Crippen MR) is 107 cm³/mol. The Morgan fingerprint density at radius 2 is 1.96 bits per heavy atom. The molecule has 5 rings (SSSR count). The lowest BCUT2D eigenvalue weighted by molar-refractivity contribution is 0.0518. The van der Waals surface area contributed by atoms with Crippen molar-refractivity contribution in [1.29, 1.82) is 0 Å². The van der Waals surface area contributed by atoms with Crippen molar-refractivity contribution in [2.75, 3.05) is 31.6 Å². The number of likely N-dealkylation sites (N-methyl/N-ethyl adjacent to an activating group) is 1. The minimum absolute atomic E-state index is 0.308. The van der Waals surface area contributed by atoms with Gasteiger partial charge in [-0.15, -0.1) is 5.10 Å². The van der Waals surface area contributed by atoms with Gasteiger partial charge in [-0.05, 0) is 32.5 Å². The number of rotatable bonds is 4. The number of hydrogen-bond acceptors (Lipinski definition) is 6. The maximum absolute atomic E-state index is 12.8. The number of carbonyl (C=O) groups excluding carboxylic acids is 1. The first kappa shape index (κ1) is 17.2. The monoisotopic (exact) mass is 377 g/mol. The van der Waals surface area contributed by atoms with Crippen LogP contribution in [0.15, 0.2) is 42.5 Å². The largest absolute Gasteiger partial charge is 0.461 e. The number of likely N-dealkylation sites (tertiary alicyclic amines) is 1. The van der Waals surface area contributed by atoms with E-state index in [0.29, 0.717) is 35.7 Å². The first-order valence-corrected chi connectivity index (χ1v) is 9.75. The third kappa shape index (κ3) is 2.65. The second kappa shape index (κ2) is 6.60. The number of benzene rings is 1. The summed E-state index contributed by atoms with van der Waals surface area (Å²) in [6, 6.07) is 14.7. The third-order valence-corrected chi connectivity index (χ3v) is 5.79. The smallest absolute Gasteiger partial charge is 0.359 e. The van der Waals surface area contributed by atoms with Crippen LogP contribution in [0, 0.1) is 0 Å². The van der Waals surface area contributed by atoms with Gasteiger partial charge in [0.1, 0.15) is 11.5 Å². The Labute approximate surface area is 163 Å². The molecule has 2 fully saturated rings. The molecule has 2 aliphatic rings. The van der Waals surface area contributed by atoms with E-state index >= 15 is 0 Å². The molecule has 2 atom stereocenters. The number of imidazole rings is 1. The standard InChI is InChI=1S/C21H23N5O2/c1-3-28-21(27)20-19(14-7-5-4-6-8-14)22-17-9-10-18(23-26(17)20)25-13-15-11-16(25)12-24(15)2/h4-10,15-16H,3,11-13H2,1-2H3/t15-,16-/m0/s1. The molecule has 1 aromatic carbocycles.